The minimum Gasteiger partial charge on any atom is -0.327 e. The second kappa shape index (κ2) is 8.60. The zero-order valence-corrected chi connectivity index (χ0v) is 23.6. The van der Waals surface area contributed by atoms with E-state index in [1.165, 1.54) is 22.5 Å². The van der Waals surface area contributed by atoms with Gasteiger partial charge in [-0.2, -0.15) is 5.10 Å². The molecule has 2 aliphatic heterocycles. The monoisotopic (exact) mass is 505 g/mol. The molecule has 6 rings (SSSR count). The van der Waals surface area contributed by atoms with E-state index in [-0.39, 0.29) is 34.0 Å². The van der Waals surface area contributed by atoms with Crippen molar-refractivity contribution in [3.63, 3.8) is 0 Å². The van der Waals surface area contributed by atoms with E-state index in [0.717, 1.165) is 64.7 Å². The van der Waals surface area contributed by atoms with Crippen molar-refractivity contribution in [2.45, 2.75) is 113 Å². The molecule has 5 N–H and O–H groups in total. The number of H-pyrrole nitrogens is 1. The zero-order valence-electron chi connectivity index (χ0n) is 23.6. The number of hydrogen-bond donors (Lipinski definition) is 3. The van der Waals surface area contributed by atoms with Gasteiger partial charge in [-0.25, -0.2) is 0 Å². The van der Waals surface area contributed by atoms with Gasteiger partial charge in [-0.1, -0.05) is 6.07 Å². The van der Waals surface area contributed by atoms with Crippen LogP contribution in [0.25, 0.3) is 0 Å². The van der Waals surface area contributed by atoms with Crippen LogP contribution in [0.3, 0.4) is 0 Å². The molecule has 0 radical (unpaired) electrons. The standard InChI is InChI=1S/C30H47N7/c1-27(2,3)36-13-8-29(9-14-36)22-19-34-35-24(22)21(25(29)32)18-28(4,5)37-15-10-30(11-16-37)23(31)17-20-7-6-12-33-26(20)30/h6-7,12,19,21,23,25H,8-11,13-18,31-32H2,1-5H3,(H,34,35)/t21?,23-,25-/m1/s1. The minimum atomic E-state index is 0.0363. The van der Waals surface area contributed by atoms with Crippen molar-refractivity contribution < 1.29 is 0 Å². The number of rotatable bonds is 3. The van der Waals surface area contributed by atoms with E-state index in [2.05, 4.69) is 72.9 Å². The number of likely N-dealkylation sites (tertiary alicyclic amines) is 2. The first kappa shape index (κ1) is 25.5. The van der Waals surface area contributed by atoms with E-state index in [1.807, 2.05) is 6.20 Å². The molecule has 3 atom stereocenters. The molecule has 0 amide bonds. The van der Waals surface area contributed by atoms with Crippen LogP contribution in [0.15, 0.2) is 24.5 Å². The van der Waals surface area contributed by atoms with Crippen LogP contribution in [0.5, 0.6) is 0 Å². The SMILES string of the molecule is CC(C)(C)N1CCC2(CC1)c1cn[nH]c1C(CC(C)(C)N1CCC3(CC1)c1ncccc1C[C@H]3N)[C@H]2N. The smallest absolute Gasteiger partial charge is 0.0528 e. The van der Waals surface area contributed by atoms with Crippen molar-refractivity contribution in [1.29, 1.82) is 0 Å². The summed E-state index contributed by atoms with van der Waals surface area (Å²) in [6.45, 7) is 16.1. The van der Waals surface area contributed by atoms with Gasteiger partial charge in [0.25, 0.3) is 0 Å². The van der Waals surface area contributed by atoms with Crippen LogP contribution in [0.4, 0.5) is 0 Å². The van der Waals surface area contributed by atoms with Crippen molar-refractivity contribution in [2.24, 2.45) is 11.5 Å². The van der Waals surface area contributed by atoms with E-state index < -0.39 is 0 Å². The molecular formula is C30H47N7. The van der Waals surface area contributed by atoms with Crippen molar-refractivity contribution in [3.05, 3.63) is 47.0 Å². The van der Waals surface area contributed by atoms with Crippen LogP contribution >= 0.6 is 0 Å². The molecular weight excluding hydrogens is 458 g/mol. The Balaban J connectivity index is 1.18. The maximum atomic E-state index is 7.23. The molecule has 2 spiro atoms. The second-order valence-electron chi connectivity index (χ2n) is 14.1. The summed E-state index contributed by atoms with van der Waals surface area (Å²) in [5, 5.41) is 7.94. The minimum absolute atomic E-state index is 0.0363. The van der Waals surface area contributed by atoms with Crippen LogP contribution < -0.4 is 11.5 Å². The predicted octanol–water partition coefficient (Wildman–Crippen LogP) is 3.45. The van der Waals surface area contributed by atoms with Crippen LogP contribution in [0.1, 0.15) is 95.2 Å². The van der Waals surface area contributed by atoms with Gasteiger partial charge in [0.05, 0.1) is 11.9 Å². The number of fused-ring (bicyclic) bond motifs is 4. The molecule has 4 heterocycles. The first-order chi connectivity index (χ1) is 17.5. The Morgan fingerprint density at radius 1 is 0.973 bits per heavy atom. The summed E-state index contributed by atoms with van der Waals surface area (Å²) in [5.74, 6) is 0.306. The van der Waals surface area contributed by atoms with Gasteiger partial charge in [-0.15, -0.1) is 0 Å². The summed E-state index contributed by atoms with van der Waals surface area (Å²) in [6, 6.07) is 4.58. The summed E-state index contributed by atoms with van der Waals surface area (Å²) < 4.78 is 0. The fourth-order valence-corrected chi connectivity index (χ4v) is 8.57. The third-order valence-electron chi connectivity index (χ3n) is 11.0. The number of pyridine rings is 1. The van der Waals surface area contributed by atoms with Crippen molar-refractivity contribution in [2.75, 3.05) is 26.2 Å². The number of aromatic amines is 1. The summed E-state index contributed by atoms with van der Waals surface area (Å²) in [4.78, 5) is 10.1. The molecule has 0 saturated carbocycles. The van der Waals surface area contributed by atoms with Gasteiger partial charge >= 0.3 is 0 Å². The molecule has 0 bridgehead atoms. The lowest BCUT2D eigenvalue weighted by Crippen LogP contribution is -2.57. The van der Waals surface area contributed by atoms with E-state index in [4.69, 9.17) is 16.5 Å². The first-order valence-electron chi connectivity index (χ1n) is 14.5. The van der Waals surface area contributed by atoms with Gasteiger partial charge < -0.3 is 11.5 Å². The van der Waals surface area contributed by atoms with Crippen LogP contribution in [-0.4, -0.2) is 74.3 Å². The maximum absolute atomic E-state index is 7.23. The molecule has 7 nitrogen and oxygen atoms in total. The Hall–Kier alpha value is -1.80. The fraction of sp³-hybridized carbons (Fsp3) is 0.733. The average Bonchev–Trinajstić information content (AvgIpc) is 3.51. The Morgan fingerprint density at radius 2 is 1.62 bits per heavy atom. The summed E-state index contributed by atoms with van der Waals surface area (Å²) in [7, 11) is 0. The zero-order chi connectivity index (χ0) is 26.2. The van der Waals surface area contributed by atoms with Gasteiger partial charge in [-0.05, 0) is 111 Å². The van der Waals surface area contributed by atoms with Gasteiger partial charge in [0.15, 0.2) is 0 Å². The van der Waals surface area contributed by atoms with E-state index in [1.54, 1.807) is 0 Å². The first-order valence-corrected chi connectivity index (χ1v) is 14.5. The number of nitrogens with two attached hydrogens (primary N) is 2. The Morgan fingerprint density at radius 3 is 2.30 bits per heavy atom. The normalized spacial score (nSPS) is 29.6. The molecule has 202 valence electrons. The number of nitrogens with one attached hydrogen (secondary N) is 1. The molecule has 2 fully saturated rings. The molecule has 0 aromatic carbocycles. The van der Waals surface area contributed by atoms with E-state index in [9.17, 15) is 0 Å². The lowest BCUT2D eigenvalue weighted by molar-refractivity contribution is 0.0385. The van der Waals surface area contributed by atoms with Crippen LogP contribution in [0, 0.1) is 0 Å². The molecule has 2 aromatic rings. The Kier molecular flexibility index (Phi) is 5.92. The average molecular weight is 506 g/mol. The molecule has 4 aliphatic rings. The topological polar surface area (TPSA) is 100 Å². The number of aromatic nitrogens is 3. The molecule has 2 aliphatic carbocycles. The largest absolute Gasteiger partial charge is 0.327 e. The molecule has 2 saturated heterocycles. The van der Waals surface area contributed by atoms with E-state index >= 15 is 0 Å². The molecule has 37 heavy (non-hydrogen) atoms. The van der Waals surface area contributed by atoms with Gasteiger partial charge in [0.2, 0.25) is 0 Å². The summed E-state index contributed by atoms with van der Waals surface area (Å²) >= 11 is 0. The van der Waals surface area contributed by atoms with E-state index in [0.29, 0.717) is 5.92 Å². The number of hydrogen-bond acceptors (Lipinski definition) is 6. The quantitative estimate of drug-likeness (QED) is 0.591. The number of piperidine rings is 2. The van der Waals surface area contributed by atoms with Crippen molar-refractivity contribution in [3.8, 4) is 0 Å². The highest BCUT2D eigenvalue weighted by Crippen LogP contribution is 2.54. The van der Waals surface area contributed by atoms with Gasteiger partial charge in [0.1, 0.15) is 0 Å². The molecule has 7 heteroatoms. The maximum Gasteiger partial charge on any atom is 0.0528 e. The summed E-state index contributed by atoms with van der Waals surface area (Å²) in [5.41, 5.74) is 19.6. The lowest BCUT2D eigenvalue weighted by Gasteiger charge is -2.50. The highest BCUT2D eigenvalue weighted by molar-refractivity contribution is 5.42. The third kappa shape index (κ3) is 3.83. The van der Waals surface area contributed by atoms with Crippen LogP contribution in [-0.2, 0) is 17.3 Å². The van der Waals surface area contributed by atoms with Gasteiger partial charge in [0, 0.05) is 57.4 Å². The fourth-order valence-electron chi connectivity index (χ4n) is 8.57. The Labute approximate surface area is 222 Å². The molecule has 2 aromatic heterocycles. The van der Waals surface area contributed by atoms with Crippen molar-refractivity contribution >= 4 is 0 Å². The van der Waals surface area contributed by atoms with Crippen molar-refractivity contribution in [1.82, 2.24) is 25.0 Å². The number of nitrogens with zero attached hydrogens (tertiary/aromatic N) is 4. The predicted molar refractivity (Wildman–Crippen MR) is 149 cm³/mol. The lowest BCUT2D eigenvalue weighted by atomic mass is 9.69. The summed E-state index contributed by atoms with van der Waals surface area (Å²) in [6.07, 6.45) is 10.4. The Bertz CT molecular complexity index is 1130. The van der Waals surface area contributed by atoms with Gasteiger partial charge in [-0.3, -0.25) is 19.9 Å². The highest BCUT2D eigenvalue weighted by Gasteiger charge is 2.55. The third-order valence-corrected chi connectivity index (χ3v) is 11.0. The molecule has 1 unspecified atom stereocenters. The second-order valence-corrected chi connectivity index (χ2v) is 14.1. The van der Waals surface area contributed by atoms with Crippen LogP contribution in [0.2, 0.25) is 0 Å². The highest BCUT2D eigenvalue weighted by atomic mass is 15.2.